The van der Waals surface area contributed by atoms with E-state index in [1.165, 1.54) is 17.2 Å². The van der Waals surface area contributed by atoms with E-state index in [2.05, 4.69) is 20.9 Å². The van der Waals surface area contributed by atoms with Crippen molar-refractivity contribution in [2.45, 2.75) is 18.9 Å². The van der Waals surface area contributed by atoms with Crippen molar-refractivity contribution in [3.63, 3.8) is 0 Å². The smallest absolute Gasteiger partial charge is 0.323 e. The molecule has 0 aliphatic heterocycles. The van der Waals surface area contributed by atoms with Crippen molar-refractivity contribution in [3.8, 4) is 0 Å². The second-order valence-corrected chi connectivity index (χ2v) is 4.98. The summed E-state index contributed by atoms with van der Waals surface area (Å²) in [6.45, 7) is -0.319. The van der Waals surface area contributed by atoms with Gasteiger partial charge in [-0.2, -0.15) is 0 Å². The second kappa shape index (κ2) is 4.93. The number of carboxylic acids is 1. The topological polar surface area (TPSA) is 90.5 Å². The molecule has 1 heterocycles. The van der Waals surface area contributed by atoms with Crippen molar-refractivity contribution in [2.24, 2.45) is 0 Å². The third-order valence-corrected chi connectivity index (χ3v) is 3.25. The Kier molecular flexibility index (Phi) is 3.51. The number of carbonyl (C=O) groups is 2. The van der Waals surface area contributed by atoms with E-state index in [4.69, 9.17) is 5.11 Å². The summed E-state index contributed by atoms with van der Waals surface area (Å²) in [5.74, 6) is -1.42. The summed E-state index contributed by atoms with van der Waals surface area (Å²) in [7, 11) is 0. The van der Waals surface area contributed by atoms with Crippen molar-refractivity contribution in [1.29, 1.82) is 0 Å². The fourth-order valence-corrected chi connectivity index (χ4v) is 2.01. The van der Waals surface area contributed by atoms with Crippen LogP contribution >= 0.6 is 15.9 Å². The lowest BCUT2D eigenvalue weighted by atomic mass is 10.2. The van der Waals surface area contributed by atoms with Crippen LogP contribution in [0.1, 0.15) is 23.2 Å². The molecule has 1 aliphatic carbocycles. The first-order valence-electron chi connectivity index (χ1n) is 5.40. The minimum Gasteiger partial charge on any atom is -0.480 e. The van der Waals surface area contributed by atoms with Crippen LogP contribution in [0.3, 0.4) is 0 Å². The van der Waals surface area contributed by atoms with Gasteiger partial charge in [0.05, 0.1) is 10.0 Å². The second-order valence-electron chi connectivity index (χ2n) is 4.12. The highest BCUT2D eigenvalue weighted by Crippen LogP contribution is 2.28. The molecule has 1 aromatic rings. The molecule has 2 N–H and O–H groups in total. The maximum atomic E-state index is 12.1. The fourth-order valence-electron chi connectivity index (χ4n) is 1.64. The lowest BCUT2D eigenvalue weighted by molar-refractivity contribution is -0.137. The molecule has 1 aromatic heterocycles. The molecule has 1 amide bonds. The van der Waals surface area contributed by atoms with Gasteiger partial charge in [0.15, 0.2) is 0 Å². The molecule has 2 rings (SSSR count). The Morgan fingerprint density at radius 3 is 2.67 bits per heavy atom. The van der Waals surface area contributed by atoms with E-state index in [1.54, 1.807) is 0 Å². The molecule has 96 valence electrons. The van der Waals surface area contributed by atoms with Crippen molar-refractivity contribution >= 4 is 27.8 Å². The highest BCUT2D eigenvalue weighted by atomic mass is 79.9. The standard InChI is InChI=1S/C11H11BrN2O4/c12-8-3-6(4-13-10(8)17)11(18)14(5-9(15)16)7-1-2-7/h3-4,7H,1-2,5H2,(H,13,17)(H,15,16). The quantitative estimate of drug-likeness (QED) is 0.861. The Morgan fingerprint density at radius 2 is 2.17 bits per heavy atom. The molecule has 0 atom stereocenters. The number of hydrogen-bond donors (Lipinski definition) is 2. The molecule has 0 unspecified atom stereocenters. The number of amides is 1. The fraction of sp³-hybridized carbons (Fsp3) is 0.364. The number of H-pyrrole nitrogens is 1. The number of hydrogen-bond acceptors (Lipinski definition) is 3. The highest BCUT2D eigenvalue weighted by molar-refractivity contribution is 9.10. The van der Waals surface area contributed by atoms with Gasteiger partial charge in [0.2, 0.25) is 0 Å². The van der Waals surface area contributed by atoms with Gasteiger partial charge < -0.3 is 15.0 Å². The van der Waals surface area contributed by atoms with Crippen molar-refractivity contribution in [1.82, 2.24) is 9.88 Å². The number of pyridine rings is 1. The normalized spacial score (nSPS) is 14.3. The maximum absolute atomic E-state index is 12.1. The van der Waals surface area contributed by atoms with Crippen molar-refractivity contribution in [2.75, 3.05) is 6.54 Å². The van der Waals surface area contributed by atoms with Crippen LogP contribution in [-0.2, 0) is 4.79 Å². The molecule has 0 bridgehead atoms. The van der Waals surface area contributed by atoms with Crippen LogP contribution in [0, 0.1) is 0 Å². The lowest BCUT2D eigenvalue weighted by Crippen LogP contribution is -2.37. The third kappa shape index (κ3) is 2.79. The van der Waals surface area contributed by atoms with Crippen LogP contribution < -0.4 is 5.56 Å². The summed E-state index contributed by atoms with van der Waals surface area (Å²) in [5, 5.41) is 8.79. The number of aromatic nitrogens is 1. The van der Waals surface area contributed by atoms with Gasteiger partial charge in [-0.3, -0.25) is 14.4 Å². The van der Waals surface area contributed by atoms with E-state index in [0.29, 0.717) is 0 Å². The minimum atomic E-state index is -1.04. The molecular weight excluding hydrogens is 304 g/mol. The van der Waals surface area contributed by atoms with E-state index >= 15 is 0 Å². The van der Waals surface area contributed by atoms with E-state index in [-0.39, 0.29) is 34.1 Å². The van der Waals surface area contributed by atoms with Gasteiger partial charge in [-0.05, 0) is 34.8 Å². The van der Waals surface area contributed by atoms with Crippen molar-refractivity contribution < 1.29 is 14.7 Å². The molecule has 0 aromatic carbocycles. The average molecular weight is 315 g/mol. The first kappa shape index (κ1) is 12.8. The van der Waals surface area contributed by atoms with Gasteiger partial charge in [0.25, 0.3) is 11.5 Å². The number of nitrogens with zero attached hydrogens (tertiary/aromatic N) is 1. The highest BCUT2D eigenvalue weighted by Gasteiger charge is 2.34. The Balaban J connectivity index is 2.24. The molecule has 18 heavy (non-hydrogen) atoms. The number of rotatable bonds is 4. The summed E-state index contributed by atoms with van der Waals surface area (Å²) in [6, 6.07) is 1.40. The summed E-state index contributed by atoms with van der Waals surface area (Å²) in [4.78, 5) is 37.8. The zero-order valence-corrected chi connectivity index (χ0v) is 10.9. The van der Waals surface area contributed by atoms with E-state index in [0.717, 1.165) is 12.8 Å². The molecule has 0 spiro atoms. The number of halogens is 1. The first-order valence-corrected chi connectivity index (χ1v) is 6.19. The number of carboxylic acid groups (broad SMARTS) is 1. The van der Waals surface area contributed by atoms with Crippen LogP contribution in [0.5, 0.6) is 0 Å². The van der Waals surface area contributed by atoms with Crippen LogP contribution in [-0.4, -0.2) is 39.5 Å². The van der Waals surface area contributed by atoms with E-state index in [9.17, 15) is 14.4 Å². The Morgan fingerprint density at radius 1 is 1.50 bits per heavy atom. The largest absolute Gasteiger partial charge is 0.480 e. The van der Waals surface area contributed by atoms with Gasteiger partial charge in [-0.1, -0.05) is 0 Å². The Hall–Kier alpha value is -1.63. The lowest BCUT2D eigenvalue weighted by Gasteiger charge is -2.20. The average Bonchev–Trinajstić information content (AvgIpc) is 3.12. The SMILES string of the molecule is O=C(O)CN(C(=O)c1c[nH]c(=O)c(Br)c1)C1CC1. The zero-order valence-electron chi connectivity index (χ0n) is 9.35. The number of aliphatic carboxylic acids is 1. The maximum Gasteiger partial charge on any atom is 0.323 e. The molecule has 7 heteroatoms. The predicted octanol–water partition coefficient (Wildman–Crippen LogP) is 0.827. The van der Waals surface area contributed by atoms with Crippen LogP contribution in [0.15, 0.2) is 21.5 Å². The first-order chi connectivity index (χ1) is 8.49. The molecule has 1 fully saturated rings. The summed E-state index contributed by atoms with van der Waals surface area (Å²) < 4.78 is 0.249. The summed E-state index contributed by atoms with van der Waals surface area (Å²) >= 11 is 3.04. The third-order valence-electron chi connectivity index (χ3n) is 2.66. The van der Waals surface area contributed by atoms with Gasteiger partial charge in [0, 0.05) is 12.2 Å². The predicted molar refractivity (Wildman–Crippen MR) is 66.5 cm³/mol. The number of aromatic amines is 1. The molecule has 0 radical (unpaired) electrons. The molecule has 1 aliphatic rings. The van der Waals surface area contributed by atoms with Gasteiger partial charge >= 0.3 is 5.97 Å². The number of nitrogens with one attached hydrogen (secondary N) is 1. The molecule has 0 saturated heterocycles. The van der Waals surface area contributed by atoms with Crippen LogP contribution in [0.4, 0.5) is 0 Å². The van der Waals surface area contributed by atoms with Crippen LogP contribution in [0.25, 0.3) is 0 Å². The minimum absolute atomic E-state index is 0.000645. The monoisotopic (exact) mass is 314 g/mol. The van der Waals surface area contributed by atoms with E-state index < -0.39 is 5.97 Å². The number of carbonyl (C=O) groups excluding carboxylic acids is 1. The Labute approximate surface area is 111 Å². The molecular formula is C11H11BrN2O4. The van der Waals surface area contributed by atoms with E-state index in [1.807, 2.05) is 0 Å². The van der Waals surface area contributed by atoms with Gasteiger partial charge in [0.1, 0.15) is 6.54 Å². The zero-order chi connectivity index (χ0) is 13.3. The Bertz CT molecular complexity index is 550. The summed E-state index contributed by atoms with van der Waals surface area (Å²) in [6.07, 6.45) is 2.94. The summed E-state index contributed by atoms with van der Waals surface area (Å²) in [5.41, 5.74) is -0.0580. The van der Waals surface area contributed by atoms with Crippen molar-refractivity contribution in [3.05, 3.63) is 32.7 Å². The van der Waals surface area contributed by atoms with Gasteiger partial charge in [-0.15, -0.1) is 0 Å². The molecule has 6 nitrogen and oxygen atoms in total. The molecule has 1 saturated carbocycles. The van der Waals surface area contributed by atoms with Gasteiger partial charge in [-0.25, -0.2) is 0 Å². The van der Waals surface area contributed by atoms with Crippen LogP contribution in [0.2, 0.25) is 0 Å².